The summed E-state index contributed by atoms with van der Waals surface area (Å²) in [6.45, 7) is 3.50. The minimum Gasteiger partial charge on any atom is -0.306 e. The maximum Gasteiger partial charge on any atom is 0.341 e. The lowest BCUT2D eigenvalue weighted by Crippen LogP contribution is -2.37. The van der Waals surface area contributed by atoms with Crippen LogP contribution in [0.5, 0.6) is 0 Å². The van der Waals surface area contributed by atoms with Gasteiger partial charge in [-0.05, 0) is 62.4 Å². The number of alkyl halides is 2. The van der Waals surface area contributed by atoms with Crippen LogP contribution < -0.4 is 4.90 Å². The lowest BCUT2D eigenvalue weighted by molar-refractivity contribution is 0.0980. The number of rotatable bonds is 6. The normalized spacial score (nSPS) is 12.4. The molecule has 0 radical (unpaired) electrons. The summed E-state index contributed by atoms with van der Waals surface area (Å²) in [6, 6.07) is 9.68. The van der Waals surface area contributed by atoms with Gasteiger partial charge in [-0.25, -0.2) is 16.8 Å². The molecule has 0 N–H and O–H groups in total. The van der Waals surface area contributed by atoms with E-state index in [9.17, 15) is 30.4 Å². The Hall–Kier alpha value is -2.33. The Kier molecular flexibility index (Phi) is 6.24. The van der Waals surface area contributed by atoms with Crippen LogP contribution in [0, 0.1) is 0 Å². The molecule has 0 spiro atoms. The van der Waals surface area contributed by atoms with E-state index in [0.717, 1.165) is 30.5 Å². The van der Waals surface area contributed by atoms with E-state index in [1.807, 2.05) is 0 Å². The maximum atomic E-state index is 12.9. The molecule has 0 heterocycles. The van der Waals surface area contributed by atoms with Crippen LogP contribution in [0.4, 0.5) is 14.5 Å². The summed E-state index contributed by atoms with van der Waals surface area (Å²) in [5.74, 6) is -4.03. The molecule has 2 aromatic rings. The van der Waals surface area contributed by atoms with Gasteiger partial charge in [0.2, 0.25) is 9.84 Å². The molecule has 10 heteroatoms. The van der Waals surface area contributed by atoms with Gasteiger partial charge in [0, 0.05) is 23.5 Å². The highest BCUT2D eigenvalue weighted by molar-refractivity contribution is 7.91. The number of carbonyl (C=O) groups excluding carboxylic acids is 1. The molecule has 0 saturated carbocycles. The van der Waals surface area contributed by atoms with E-state index in [4.69, 9.17) is 0 Å². The van der Waals surface area contributed by atoms with Crippen LogP contribution in [0.25, 0.3) is 0 Å². The first kappa shape index (κ1) is 22.0. The van der Waals surface area contributed by atoms with Crippen LogP contribution in [0.1, 0.15) is 24.2 Å². The lowest BCUT2D eigenvalue weighted by atomic mass is 10.1. The second kappa shape index (κ2) is 7.96. The van der Waals surface area contributed by atoms with E-state index < -0.39 is 36.2 Å². The molecule has 0 bridgehead atoms. The van der Waals surface area contributed by atoms with Crippen LogP contribution in [0.15, 0.2) is 58.3 Å². The molecule has 0 aromatic heterocycles. The second-order valence-electron chi connectivity index (χ2n) is 6.37. The minimum atomic E-state index is -4.74. The summed E-state index contributed by atoms with van der Waals surface area (Å²) in [5.41, 5.74) is 0.547. The largest absolute Gasteiger partial charge is 0.341 e. The molecule has 6 nitrogen and oxygen atoms in total. The van der Waals surface area contributed by atoms with Gasteiger partial charge >= 0.3 is 5.76 Å². The summed E-state index contributed by atoms with van der Waals surface area (Å²) in [6.07, 6.45) is 1.07. The first-order chi connectivity index (χ1) is 12.9. The average molecular weight is 431 g/mol. The number of hydrogen-bond donors (Lipinski definition) is 0. The average Bonchev–Trinajstić information content (AvgIpc) is 2.61. The summed E-state index contributed by atoms with van der Waals surface area (Å²) in [7, 11) is -8.13. The van der Waals surface area contributed by atoms with E-state index in [1.54, 1.807) is 13.8 Å². The summed E-state index contributed by atoms with van der Waals surface area (Å²) >= 11 is 0. The number of amides is 1. The van der Waals surface area contributed by atoms with Gasteiger partial charge in [0.15, 0.2) is 9.84 Å². The standard InChI is InChI=1S/C18H19F2NO5S2/c1-12(2)21(14-6-10-15(11-7-14)27(3,23)24)17(22)13-4-8-16(9-5-13)28(25,26)18(19)20/h4-12,18H,1-3H3. The topological polar surface area (TPSA) is 88.6 Å². The molecule has 0 aliphatic carbocycles. The maximum absolute atomic E-state index is 12.9. The van der Waals surface area contributed by atoms with Crippen LogP contribution in [0.2, 0.25) is 0 Å². The van der Waals surface area contributed by atoms with Crippen molar-refractivity contribution in [3.63, 3.8) is 0 Å². The van der Waals surface area contributed by atoms with Crippen LogP contribution in [0.3, 0.4) is 0 Å². The Balaban J connectivity index is 2.38. The number of hydrogen-bond acceptors (Lipinski definition) is 5. The predicted octanol–water partition coefficient (Wildman–Crippen LogP) is 3.14. The van der Waals surface area contributed by atoms with Gasteiger partial charge in [-0.2, -0.15) is 8.78 Å². The number of carbonyl (C=O) groups is 1. The SMILES string of the molecule is CC(C)N(C(=O)c1ccc(S(=O)(=O)C(F)F)cc1)c1ccc(S(C)(=O)=O)cc1. The van der Waals surface area contributed by atoms with E-state index >= 15 is 0 Å². The second-order valence-corrected chi connectivity index (χ2v) is 10.3. The number of halogens is 2. The number of benzene rings is 2. The molecule has 152 valence electrons. The lowest BCUT2D eigenvalue weighted by Gasteiger charge is -2.27. The summed E-state index contributed by atoms with van der Waals surface area (Å²) in [5, 5.41) is 0. The third-order valence-corrected chi connectivity index (χ3v) is 6.47. The Morgan fingerprint density at radius 2 is 1.32 bits per heavy atom. The Morgan fingerprint density at radius 3 is 1.71 bits per heavy atom. The number of anilines is 1. The van der Waals surface area contributed by atoms with Crippen molar-refractivity contribution in [2.24, 2.45) is 0 Å². The number of nitrogens with zero attached hydrogens (tertiary/aromatic N) is 1. The third kappa shape index (κ3) is 4.56. The van der Waals surface area contributed by atoms with Crippen molar-refractivity contribution >= 4 is 31.3 Å². The Morgan fingerprint density at radius 1 is 0.857 bits per heavy atom. The summed E-state index contributed by atoms with van der Waals surface area (Å²) < 4.78 is 71.4. The highest BCUT2D eigenvalue weighted by Crippen LogP contribution is 2.24. The van der Waals surface area contributed by atoms with Crippen molar-refractivity contribution in [3.05, 3.63) is 54.1 Å². The highest BCUT2D eigenvalue weighted by atomic mass is 32.2. The van der Waals surface area contributed by atoms with E-state index in [1.165, 1.54) is 29.2 Å². The van der Waals surface area contributed by atoms with Crippen LogP contribution in [-0.4, -0.2) is 40.8 Å². The van der Waals surface area contributed by atoms with Gasteiger partial charge in [0.05, 0.1) is 9.79 Å². The first-order valence-electron chi connectivity index (χ1n) is 8.11. The zero-order chi connectivity index (χ0) is 21.3. The van der Waals surface area contributed by atoms with E-state index in [2.05, 4.69) is 0 Å². The van der Waals surface area contributed by atoms with Gasteiger partial charge in [0.1, 0.15) is 0 Å². The van der Waals surface area contributed by atoms with Crippen molar-refractivity contribution in [2.75, 3.05) is 11.2 Å². The molecule has 1 amide bonds. The third-order valence-electron chi connectivity index (χ3n) is 3.94. The monoisotopic (exact) mass is 431 g/mol. The smallest absolute Gasteiger partial charge is 0.306 e. The molecule has 2 aromatic carbocycles. The molecule has 28 heavy (non-hydrogen) atoms. The minimum absolute atomic E-state index is 0.106. The predicted molar refractivity (Wildman–Crippen MR) is 101 cm³/mol. The molecule has 0 aliphatic rings. The van der Waals surface area contributed by atoms with Gasteiger partial charge < -0.3 is 4.90 Å². The zero-order valence-corrected chi connectivity index (χ0v) is 17.0. The fourth-order valence-electron chi connectivity index (χ4n) is 2.53. The number of sulfone groups is 2. The molecule has 0 saturated heterocycles. The first-order valence-corrected chi connectivity index (χ1v) is 11.6. The van der Waals surface area contributed by atoms with Gasteiger partial charge in [0.25, 0.3) is 5.91 Å². The van der Waals surface area contributed by atoms with Crippen LogP contribution in [-0.2, 0) is 19.7 Å². The molecular weight excluding hydrogens is 412 g/mol. The highest BCUT2D eigenvalue weighted by Gasteiger charge is 2.27. The Labute approximate surface area is 162 Å². The molecule has 2 rings (SSSR count). The summed E-state index contributed by atoms with van der Waals surface area (Å²) in [4.78, 5) is 13.8. The molecule has 0 atom stereocenters. The van der Waals surface area contributed by atoms with Crippen molar-refractivity contribution < 1.29 is 30.4 Å². The van der Waals surface area contributed by atoms with Crippen LogP contribution >= 0.6 is 0 Å². The van der Waals surface area contributed by atoms with Gasteiger partial charge in [-0.1, -0.05) is 0 Å². The van der Waals surface area contributed by atoms with Gasteiger partial charge in [-0.15, -0.1) is 0 Å². The van der Waals surface area contributed by atoms with Crippen molar-refractivity contribution in [1.29, 1.82) is 0 Å². The quantitative estimate of drug-likeness (QED) is 0.701. The molecule has 0 unspecified atom stereocenters. The fourth-order valence-corrected chi connectivity index (χ4v) is 3.88. The molecule has 0 fully saturated rings. The van der Waals surface area contributed by atoms with E-state index in [-0.39, 0.29) is 16.5 Å². The fraction of sp³-hybridized carbons (Fsp3) is 0.278. The van der Waals surface area contributed by atoms with Crippen molar-refractivity contribution in [2.45, 2.75) is 35.4 Å². The van der Waals surface area contributed by atoms with E-state index in [0.29, 0.717) is 5.69 Å². The molecule has 0 aliphatic heterocycles. The van der Waals surface area contributed by atoms with Crippen molar-refractivity contribution in [1.82, 2.24) is 0 Å². The van der Waals surface area contributed by atoms with Gasteiger partial charge in [-0.3, -0.25) is 4.79 Å². The molecular formula is C18H19F2NO5S2. The van der Waals surface area contributed by atoms with Crippen molar-refractivity contribution in [3.8, 4) is 0 Å². The Bertz CT molecular complexity index is 1060. The zero-order valence-electron chi connectivity index (χ0n) is 15.3.